The van der Waals surface area contributed by atoms with Crippen LogP contribution in [0.3, 0.4) is 0 Å². The van der Waals surface area contributed by atoms with Crippen molar-refractivity contribution in [3.8, 4) is 39.2 Å². The van der Waals surface area contributed by atoms with E-state index in [9.17, 15) is 0 Å². The topological polar surface area (TPSA) is 56.8 Å². The van der Waals surface area contributed by atoms with Crippen LogP contribution >= 0.6 is 0 Å². The van der Waals surface area contributed by atoms with E-state index in [0.29, 0.717) is 0 Å². The van der Waals surface area contributed by atoms with Crippen LogP contribution < -0.4 is 14.7 Å². The number of anilines is 4. The molecule has 0 N–H and O–H groups in total. The van der Waals surface area contributed by atoms with Gasteiger partial charge in [0.2, 0.25) is 0 Å². The molecule has 8 aromatic carbocycles. The summed E-state index contributed by atoms with van der Waals surface area (Å²) in [5.41, 5.74) is 16.9. The minimum atomic E-state index is 0. The summed E-state index contributed by atoms with van der Waals surface area (Å²) in [6, 6.07) is 76.8. The van der Waals surface area contributed by atoms with Crippen molar-refractivity contribution in [2.24, 2.45) is 0 Å². The molecule has 12 heteroatoms. The zero-order chi connectivity index (χ0) is 49.7. The van der Waals surface area contributed by atoms with Crippen LogP contribution in [0.15, 0.2) is 223 Å². The first-order chi connectivity index (χ1) is 35.8. The van der Waals surface area contributed by atoms with Crippen molar-refractivity contribution in [3.63, 3.8) is 0 Å². The van der Waals surface area contributed by atoms with E-state index in [-0.39, 0.29) is 85.8 Å². The third kappa shape index (κ3) is 12.4. The van der Waals surface area contributed by atoms with Gasteiger partial charge in [-0.15, -0.1) is 52.2 Å². The number of nitrogens with zero attached hydrogens (tertiary/aromatic N) is 7. The third-order valence-corrected chi connectivity index (χ3v) is 13.2. The first-order valence-electron chi connectivity index (χ1n) is 24.1. The number of benzene rings is 8. The van der Waals surface area contributed by atoms with E-state index in [4.69, 9.17) is 4.42 Å². The second kappa shape index (κ2) is 26.2. The number of hydrogen-bond donors (Lipinski definition) is 0. The number of hydrogen-bond acceptors (Lipinski definition) is 7. The average molecular weight is 1710 g/mol. The molecule has 0 unspecified atom stereocenters. The zero-order valence-electron chi connectivity index (χ0n) is 42.3. The molecule has 0 amide bonds. The molecule has 0 saturated heterocycles. The van der Waals surface area contributed by atoms with Gasteiger partial charge in [-0.25, -0.2) is 6.07 Å². The smallest absolute Gasteiger partial charge is 0.116 e. The van der Waals surface area contributed by atoms with Crippen LogP contribution in [0.2, 0.25) is 0 Å². The van der Waals surface area contributed by atoms with Gasteiger partial charge in [-0.2, -0.15) is 79.7 Å². The fraction of sp³-hybridized carbons (Fsp3) is 0.0769. The van der Waals surface area contributed by atoms with E-state index in [0.717, 1.165) is 50.3 Å². The molecular formula is C65H50Ir4N7O-7. The molecule has 0 atom stereocenters. The van der Waals surface area contributed by atoms with Gasteiger partial charge in [0.15, 0.2) is 0 Å². The zero-order valence-corrected chi connectivity index (χ0v) is 51.9. The molecule has 3 aromatic heterocycles. The van der Waals surface area contributed by atoms with Gasteiger partial charge in [0.25, 0.3) is 0 Å². The molecule has 0 bridgehead atoms. The van der Waals surface area contributed by atoms with Crippen LogP contribution in [0.25, 0.3) is 61.1 Å². The van der Waals surface area contributed by atoms with Gasteiger partial charge in [0.05, 0.1) is 0 Å². The molecule has 0 saturated carbocycles. The summed E-state index contributed by atoms with van der Waals surface area (Å²) in [7, 11) is 4.05. The molecule has 2 aliphatic heterocycles. The number of aromatic nitrogens is 3. The van der Waals surface area contributed by atoms with Crippen molar-refractivity contribution in [2.45, 2.75) is 19.3 Å². The van der Waals surface area contributed by atoms with E-state index in [2.05, 4.69) is 175 Å². The minimum Gasteiger partial charge on any atom is -0.514 e. The second-order valence-corrected chi connectivity index (χ2v) is 18.3. The molecule has 0 spiro atoms. The maximum atomic E-state index is 5.99. The fourth-order valence-corrected chi connectivity index (χ4v) is 9.52. The van der Waals surface area contributed by atoms with Gasteiger partial charge >= 0.3 is 0 Å². The van der Waals surface area contributed by atoms with E-state index in [1.165, 1.54) is 44.8 Å². The van der Waals surface area contributed by atoms with Crippen LogP contribution in [0.1, 0.15) is 25.0 Å². The number of furan rings is 1. The summed E-state index contributed by atoms with van der Waals surface area (Å²) in [5, 5.41) is 2.27. The van der Waals surface area contributed by atoms with Crippen molar-refractivity contribution < 1.29 is 84.8 Å². The van der Waals surface area contributed by atoms with Gasteiger partial charge in [-0.3, -0.25) is 0 Å². The van der Waals surface area contributed by atoms with E-state index in [1.54, 1.807) is 12.4 Å². The number of fused-ring (bicyclic) bond motifs is 7. The van der Waals surface area contributed by atoms with Crippen LogP contribution in [0, 0.1) is 43.9 Å². The first kappa shape index (κ1) is 58.1. The van der Waals surface area contributed by atoms with Crippen LogP contribution in [-0.4, -0.2) is 33.5 Å². The predicted octanol–water partition coefficient (Wildman–Crippen LogP) is 14.9. The SMILES string of the molecule is CC1(C)c2ccccc2-c2c[c-]c(-n3[c-]ncc3)cc21.CN1C=CN(c2[c-]ccc3c2oc2ccccc23)[CH-]1.CN1[CH-]N(c2[c-]cccc2)c2ccccc21.[Ir].[Ir].[Ir].[Ir].[c-]1ccc(-c2ccccc2)cc1-c1ccccn1. The summed E-state index contributed by atoms with van der Waals surface area (Å²) in [6.45, 7) is 8.63. The van der Waals surface area contributed by atoms with E-state index < -0.39 is 0 Å². The first-order valence-corrected chi connectivity index (χ1v) is 24.1. The van der Waals surface area contributed by atoms with Crippen LogP contribution in [-0.2, 0) is 85.8 Å². The third-order valence-electron chi connectivity index (χ3n) is 13.2. The molecule has 11 aromatic rings. The fourth-order valence-electron chi connectivity index (χ4n) is 9.52. The van der Waals surface area contributed by atoms with Crippen molar-refractivity contribution in [2.75, 3.05) is 28.8 Å². The second-order valence-electron chi connectivity index (χ2n) is 18.3. The molecule has 394 valence electrons. The summed E-state index contributed by atoms with van der Waals surface area (Å²) in [4.78, 5) is 16.6. The summed E-state index contributed by atoms with van der Waals surface area (Å²) >= 11 is 0. The molecule has 0 fully saturated rings. The molecular weight excluding hydrogens is 1660 g/mol. The maximum absolute atomic E-state index is 5.99. The number of imidazole rings is 1. The number of pyridine rings is 1. The predicted molar refractivity (Wildman–Crippen MR) is 296 cm³/mol. The monoisotopic (exact) mass is 1720 g/mol. The van der Waals surface area contributed by atoms with Gasteiger partial charge < -0.3 is 38.6 Å². The van der Waals surface area contributed by atoms with Crippen LogP contribution in [0.4, 0.5) is 22.7 Å². The molecule has 3 aliphatic rings. The van der Waals surface area contributed by atoms with E-state index in [1.807, 2.05) is 138 Å². The molecule has 4 radical (unpaired) electrons. The minimum absolute atomic E-state index is 0. The molecule has 1 aliphatic carbocycles. The van der Waals surface area contributed by atoms with Crippen LogP contribution in [0.5, 0.6) is 0 Å². The summed E-state index contributed by atoms with van der Waals surface area (Å²) < 4.78 is 7.86. The Kier molecular flexibility index (Phi) is 19.8. The molecule has 77 heavy (non-hydrogen) atoms. The van der Waals surface area contributed by atoms with Crippen molar-refractivity contribution in [1.29, 1.82) is 0 Å². The Morgan fingerprint density at radius 2 is 1.30 bits per heavy atom. The van der Waals surface area contributed by atoms with E-state index >= 15 is 0 Å². The van der Waals surface area contributed by atoms with Crippen molar-refractivity contribution >= 4 is 44.7 Å². The van der Waals surface area contributed by atoms with Gasteiger partial charge in [0.1, 0.15) is 5.58 Å². The number of rotatable bonds is 5. The average Bonchev–Trinajstić information content (AvgIpc) is 4.37. The van der Waals surface area contributed by atoms with Gasteiger partial charge in [-0.05, 0) is 73.0 Å². The largest absolute Gasteiger partial charge is 0.514 e. The quantitative estimate of drug-likeness (QED) is 0.159. The Bertz CT molecular complexity index is 3630. The Morgan fingerprint density at radius 3 is 2.05 bits per heavy atom. The van der Waals surface area contributed by atoms with Crippen molar-refractivity contribution in [3.05, 3.63) is 274 Å². The summed E-state index contributed by atoms with van der Waals surface area (Å²) in [5.74, 6) is 0. The summed E-state index contributed by atoms with van der Waals surface area (Å²) in [6.07, 6.45) is 12.4. The number of para-hydroxylation sites is 4. The molecule has 14 rings (SSSR count). The van der Waals surface area contributed by atoms with Crippen molar-refractivity contribution in [1.82, 2.24) is 19.4 Å². The molecule has 5 heterocycles. The Morgan fingerprint density at radius 1 is 0.558 bits per heavy atom. The molecule has 8 nitrogen and oxygen atoms in total. The Labute approximate surface area is 505 Å². The van der Waals surface area contributed by atoms with Gasteiger partial charge in [-0.1, -0.05) is 140 Å². The standard InChI is InChI=1S/C18H14N2.C17H12N.C16H12N2O.C14H12N2.4Ir/c1-18(2)16-6-4-3-5-14(16)15-8-7-13(11-17(15)18)20-10-9-19-12-20;1-2-7-14(8-3-1)15-9-6-10-16(13-15)17-11-4-5-12-18-17;1-17-9-10-18(11-17)14-7-4-6-13-12-5-2-3-8-15(12)19-16(13)14;1-15-11-16(12-7-3-2-4-8-12)14-10-6-5-9-13(14)15;;;;/h3-6,8-11H,1-2H3;1-9,11-13H;2-6,8-11H,1H3;2-7,9-11H,1H3;;;;/q-2;-1;2*-2;;;;. The normalized spacial score (nSPS) is 12.9. The van der Waals surface area contributed by atoms with Gasteiger partial charge in [0, 0.05) is 115 Å². The maximum Gasteiger partial charge on any atom is 0.116 e. The Balaban J connectivity index is 0.000000147. The Hall–Kier alpha value is -6.54.